The van der Waals surface area contributed by atoms with Crippen LogP contribution in [0.5, 0.6) is 0 Å². The second kappa shape index (κ2) is 9.68. The minimum absolute atomic E-state index is 0.190. The summed E-state index contributed by atoms with van der Waals surface area (Å²) in [7, 11) is -3.14. The van der Waals surface area contributed by atoms with Gasteiger partial charge in [0.2, 0.25) is 10.0 Å². The summed E-state index contributed by atoms with van der Waals surface area (Å²) >= 11 is 0. The number of ether oxygens (including phenoxy) is 1. The van der Waals surface area contributed by atoms with Gasteiger partial charge in [-0.05, 0) is 26.7 Å². The standard InChI is InChI=1S/C13H29N3O3S/c1-13(2)19-11-4-3-5-15-20(17,18)12-10-16-8-6-14-7-9-16/h13-15H,3-12H2,1-2H3. The molecule has 2 N–H and O–H groups in total. The number of unbranched alkanes of at least 4 members (excludes halogenated alkanes) is 1. The highest BCUT2D eigenvalue weighted by atomic mass is 32.2. The number of hydrogen-bond acceptors (Lipinski definition) is 5. The molecule has 0 radical (unpaired) electrons. The molecular weight excluding hydrogens is 278 g/mol. The first-order valence-corrected chi connectivity index (χ1v) is 9.17. The van der Waals surface area contributed by atoms with Crippen molar-refractivity contribution in [2.75, 3.05) is 51.6 Å². The van der Waals surface area contributed by atoms with Gasteiger partial charge in [0.05, 0.1) is 11.9 Å². The quantitative estimate of drug-likeness (QED) is 0.557. The molecule has 7 heteroatoms. The zero-order valence-electron chi connectivity index (χ0n) is 12.7. The van der Waals surface area contributed by atoms with Gasteiger partial charge in [0.25, 0.3) is 0 Å². The Bertz CT molecular complexity index is 341. The minimum atomic E-state index is -3.14. The first kappa shape index (κ1) is 17.8. The van der Waals surface area contributed by atoms with Crippen molar-refractivity contribution in [2.45, 2.75) is 32.8 Å². The van der Waals surface area contributed by atoms with Crippen molar-refractivity contribution in [1.82, 2.24) is 14.9 Å². The monoisotopic (exact) mass is 307 g/mol. The van der Waals surface area contributed by atoms with E-state index in [4.69, 9.17) is 4.74 Å². The lowest BCUT2D eigenvalue weighted by molar-refractivity contribution is 0.0762. The maximum atomic E-state index is 11.8. The van der Waals surface area contributed by atoms with Gasteiger partial charge in [-0.1, -0.05) is 0 Å². The van der Waals surface area contributed by atoms with Crippen molar-refractivity contribution in [3.05, 3.63) is 0 Å². The lowest BCUT2D eigenvalue weighted by atomic mass is 10.3. The number of nitrogens with one attached hydrogen (secondary N) is 2. The van der Waals surface area contributed by atoms with Crippen molar-refractivity contribution in [1.29, 1.82) is 0 Å². The molecule has 0 aromatic rings. The van der Waals surface area contributed by atoms with Gasteiger partial charge in [0.1, 0.15) is 0 Å². The van der Waals surface area contributed by atoms with E-state index >= 15 is 0 Å². The Morgan fingerprint density at radius 2 is 1.95 bits per heavy atom. The van der Waals surface area contributed by atoms with E-state index in [1.165, 1.54) is 0 Å². The summed E-state index contributed by atoms with van der Waals surface area (Å²) in [6.45, 7) is 9.58. The third kappa shape index (κ3) is 8.86. The summed E-state index contributed by atoms with van der Waals surface area (Å²) in [5, 5.41) is 3.25. The van der Waals surface area contributed by atoms with Crippen LogP contribution in [0.2, 0.25) is 0 Å². The Hall–Kier alpha value is -0.210. The van der Waals surface area contributed by atoms with Crippen LogP contribution >= 0.6 is 0 Å². The molecule has 1 fully saturated rings. The molecule has 0 spiro atoms. The molecule has 0 aromatic carbocycles. The third-order valence-electron chi connectivity index (χ3n) is 3.23. The lowest BCUT2D eigenvalue weighted by Crippen LogP contribution is -2.46. The Morgan fingerprint density at radius 1 is 1.25 bits per heavy atom. The molecule has 1 saturated heterocycles. The Balaban J connectivity index is 2.05. The van der Waals surface area contributed by atoms with Gasteiger partial charge in [-0.15, -0.1) is 0 Å². The van der Waals surface area contributed by atoms with Crippen LogP contribution in [-0.2, 0) is 14.8 Å². The molecule has 1 aliphatic rings. The maximum absolute atomic E-state index is 11.8. The fourth-order valence-electron chi connectivity index (χ4n) is 2.03. The molecule has 120 valence electrons. The van der Waals surface area contributed by atoms with Crippen LogP contribution in [0.4, 0.5) is 0 Å². The molecule has 20 heavy (non-hydrogen) atoms. The predicted octanol–water partition coefficient (Wildman–Crippen LogP) is 0.0162. The second-order valence-corrected chi connectivity index (χ2v) is 7.36. The van der Waals surface area contributed by atoms with Crippen molar-refractivity contribution in [2.24, 2.45) is 0 Å². The number of nitrogens with zero attached hydrogens (tertiary/aromatic N) is 1. The van der Waals surface area contributed by atoms with E-state index in [1.807, 2.05) is 13.8 Å². The van der Waals surface area contributed by atoms with Gasteiger partial charge >= 0.3 is 0 Å². The average molecular weight is 307 g/mol. The normalized spacial score (nSPS) is 17.8. The highest BCUT2D eigenvalue weighted by molar-refractivity contribution is 7.89. The number of hydrogen-bond donors (Lipinski definition) is 2. The van der Waals surface area contributed by atoms with E-state index < -0.39 is 10.0 Å². The van der Waals surface area contributed by atoms with Crippen LogP contribution < -0.4 is 10.0 Å². The Kier molecular flexibility index (Phi) is 8.63. The SMILES string of the molecule is CC(C)OCCCCNS(=O)(=O)CCN1CCNCC1. The molecule has 0 atom stereocenters. The van der Waals surface area contributed by atoms with E-state index in [2.05, 4.69) is 14.9 Å². The predicted molar refractivity (Wildman–Crippen MR) is 81.4 cm³/mol. The van der Waals surface area contributed by atoms with E-state index in [9.17, 15) is 8.42 Å². The smallest absolute Gasteiger partial charge is 0.212 e. The van der Waals surface area contributed by atoms with E-state index in [0.717, 1.165) is 39.0 Å². The van der Waals surface area contributed by atoms with Gasteiger partial charge in [-0.25, -0.2) is 13.1 Å². The van der Waals surface area contributed by atoms with Crippen molar-refractivity contribution >= 4 is 10.0 Å². The first-order valence-electron chi connectivity index (χ1n) is 7.51. The van der Waals surface area contributed by atoms with Gasteiger partial charge < -0.3 is 10.1 Å². The molecule has 1 rings (SSSR count). The molecule has 0 bridgehead atoms. The molecule has 6 nitrogen and oxygen atoms in total. The molecule has 0 saturated carbocycles. The highest BCUT2D eigenvalue weighted by Crippen LogP contribution is 1.96. The van der Waals surface area contributed by atoms with E-state index in [1.54, 1.807) is 0 Å². The Labute approximate surface area is 123 Å². The van der Waals surface area contributed by atoms with Gasteiger partial charge in [0, 0.05) is 45.9 Å². The second-order valence-electron chi connectivity index (χ2n) is 5.43. The third-order valence-corrected chi connectivity index (χ3v) is 4.59. The van der Waals surface area contributed by atoms with Crippen LogP contribution in [0, 0.1) is 0 Å². The van der Waals surface area contributed by atoms with Crippen LogP contribution in [0.25, 0.3) is 0 Å². The van der Waals surface area contributed by atoms with Crippen LogP contribution in [0.1, 0.15) is 26.7 Å². The summed E-state index contributed by atoms with van der Waals surface area (Å²) in [5.74, 6) is 0.190. The zero-order chi connectivity index (χ0) is 14.8. The molecule has 1 heterocycles. The number of piperazine rings is 1. The Morgan fingerprint density at radius 3 is 2.60 bits per heavy atom. The molecule has 0 unspecified atom stereocenters. The summed E-state index contributed by atoms with van der Waals surface area (Å²) < 4.78 is 31.7. The van der Waals surface area contributed by atoms with Gasteiger partial charge in [0.15, 0.2) is 0 Å². The summed E-state index contributed by atoms with van der Waals surface area (Å²) in [6.07, 6.45) is 1.95. The summed E-state index contributed by atoms with van der Waals surface area (Å²) in [4.78, 5) is 2.19. The molecule has 1 aliphatic heterocycles. The number of sulfonamides is 1. The van der Waals surface area contributed by atoms with E-state index in [0.29, 0.717) is 19.7 Å². The van der Waals surface area contributed by atoms with Crippen LogP contribution in [0.15, 0.2) is 0 Å². The topological polar surface area (TPSA) is 70.7 Å². The summed E-state index contributed by atoms with van der Waals surface area (Å²) in [5.41, 5.74) is 0. The molecule has 0 aliphatic carbocycles. The molecular formula is C13H29N3O3S. The summed E-state index contributed by atoms with van der Waals surface area (Å²) in [6, 6.07) is 0. The van der Waals surface area contributed by atoms with E-state index in [-0.39, 0.29) is 11.9 Å². The largest absolute Gasteiger partial charge is 0.379 e. The van der Waals surface area contributed by atoms with Crippen LogP contribution in [-0.4, -0.2) is 71.0 Å². The maximum Gasteiger partial charge on any atom is 0.212 e. The fourth-order valence-corrected chi connectivity index (χ4v) is 3.13. The molecule has 0 amide bonds. The fraction of sp³-hybridized carbons (Fsp3) is 1.00. The first-order chi connectivity index (χ1) is 9.49. The van der Waals surface area contributed by atoms with Gasteiger partial charge in [-0.3, -0.25) is 4.90 Å². The number of rotatable bonds is 10. The minimum Gasteiger partial charge on any atom is -0.379 e. The lowest BCUT2D eigenvalue weighted by Gasteiger charge is -2.26. The average Bonchev–Trinajstić information content (AvgIpc) is 2.41. The van der Waals surface area contributed by atoms with Gasteiger partial charge in [-0.2, -0.15) is 0 Å². The highest BCUT2D eigenvalue weighted by Gasteiger charge is 2.14. The van der Waals surface area contributed by atoms with Crippen molar-refractivity contribution < 1.29 is 13.2 Å². The van der Waals surface area contributed by atoms with Crippen molar-refractivity contribution in [3.8, 4) is 0 Å². The van der Waals surface area contributed by atoms with Crippen LogP contribution in [0.3, 0.4) is 0 Å². The van der Waals surface area contributed by atoms with Crippen molar-refractivity contribution in [3.63, 3.8) is 0 Å². The zero-order valence-corrected chi connectivity index (χ0v) is 13.5. The molecule has 0 aromatic heterocycles.